The van der Waals surface area contributed by atoms with Gasteiger partial charge in [0, 0.05) is 36.9 Å². The summed E-state index contributed by atoms with van der Waals surface area (Å²) in [5.41, 5.74) is 4.18. The van der Waals surface area contributed by atoms with E-state index in [0.717, 1.165) is 18.4 Å². The lowest BCUT2D eigenvalue weighted by atomic mass is 9.76. The number of pyridine rings is 1. The van der Waals surface area contributed by atoms with Gasteiger partial charge in [0.1, 0.15) is 0 Å². The Morgan fingerprint density at radius 2 is 1.77 bits per heavy atom. The zero-order chi connectivity index (χ0) is 17.4. The Hall–Kier alpha value is -1.22. The molecule has 26 heavy (non-hydrogen) atoms. The van der Waals surface area contributed by atoms with Gasteiger partial charge in [0.15, 0.2) is 5.82 Å². The molecule has 1 saturated carbocycles. The Morgan fingerprint density at radius 3 is 2.50 bits per heavy atom. The van der Waals surface area contributed by atoms with Gasteiger partial charge in [0.05, 0.1) is 5.52 Å². The largest absolute Gasteiger partial charge is 0.355 e. The van der Waals surface area contributed by atoms with Crippen molar-refractivity contribution in [1.29, 1.82) is 0 Å². The lowest BCUT2D eigenvalue weighted by molar-refractivity contribution is 0.220. The normalized spacial score (nSPS) is 21.8. The fraction of sp³-hybridized carbons (Fsp3) is 0.682. The second-order valence-corrected chi connectivity index (χ2v) is 8.23. The highest BCUT2D eigenvalue weighted by Gasteiger charge is 2.30. The molecule has 1 unspecified atom stereocenters. The summed E-state index contributed by atoms with van der Waals surface area (Å²) in [5.74, 6) is 3.06. The number of nitrogens with zero attached hydrogens (tertiary/aromatic N) is 3. The predicted octanol–water partition coefficient (Wildman–Crippen LogP) is 5.89. The van der Waals surface area contributed by atoms with Crippen molar-refractivity contribution in [3.63, 3.8) is 0 Å². The molecule has 3 nitrogen and oxygen atoms in total. The van der Waals surface area contributed by atoms with E-state index in [0.29, 0.717) is 0 Å². The van der Waals surface area contributed by atoms with Gasteiger partial charge >= 0.3 is 0 Å². The second kappa shape index (κ2) is 8.21. The van der Waals surface area contributed by atoms with Gasteiger partial charge in [0.2, 0.25) is 0 Å². The summed E-state index contributed by atoms with van der Waals surface area (Å²) in [5, 5.41) is 1.39. The van der Waals surface area contributed by atoms with Crippen LogP contribution in [0, 0.1) is 25.7 Å². The van der Waals surface area contributed by atoms with Gasteiger partial charge in [0.25, 0.3) is 0 Å². The molecule has 144 valence electrons. The number of aromatic nitrogens is 2. The molecule has 2 aromatic heterocycles. The van der Waals surface area contributed by atoms with Crippen LogP contribution in [-0.2, 0) is 6.54 Å². The Labute approximate surface area is 164 Å². The number of halogens is 1. The first-order valence-electron chi connectivity index (χ1n) is 10.4. The minimum absolute atomic E-state index is 0. The van der Waals surface area contributed by atoms with Crippen LogP contribution in [0.25, 0.3) is 10.9 Å². The van der Waals surface area contributed by atoms with Gasteiger partial charge in [-0.2, -0.15) is 0 Å². The third-order valence-corrected chi connectivity index (χ3v) is 6.92. The molecule has 1 saturated heterocycles. The minimum atomic E-state index is 0. The van der Waals surface area contributed by atoms with Crippen molar-refractivity contribution in [3.05, 3.63) is 23.5 Å². The van der Waals surface area contributed by atoms with Gasteiger partial charge in [-0.3, -0.25) is 0 Å². The van der Waals surface area contributed by atoms with Crippen LogP contribution in [0.5, 0.6) is 0 Å². The van der Waals surface area contributed by atoms with E-state index in [1.54, 1.807) is 0 Å². The van der Waals surface area contributed by atoms with Crippen LogP contribution >= 0.6 is 12.4 Å². The number of rotatable bonds is 3. The average Bonchev–Trinajstić information content (AvgIpc) is 2.93. The van der Waals surface area contributed by atoms with Crippen LogP contribution in [0.1, 0.15) is 63.1 Å². The number of piperidine rings is 1. The van der Waals surface area contributed by atoms with Crippen LogP contribution in [0.15, 0.2) is 12.3 Å². The molecule has 2 aliphatic rings. The van der Waals surface area contributed by atoms with Crippen LogP contribution in [0.2, 0.25) is 0 Å². The summed E-state index contributed by atoms with van der Waals surface area (Å²) in [6.07, 6.45) is 12.0. The number of hydrogen-bond donors (Lipinski definition) is 0. The SMILES string of the molecule is CCn1c(C)c(C)c2ccnc(N3CCCC(C4CCCCC4)C3)c21.Cl. The van der Waals surface area contributed by atoms with Gasteiger partial charge in [-0.05, 0) is 57.1 Å². The summed E-state index contributed by atoms with van der Waals surface area (Å²) in [6.45, 7) is 10.2. The average molecular weight is 376 g/mol. The zero-order valence-corrected chi connectivity index (χ0v) is 17.4. The van der Waals surface area contributed by atoms with Crippen molar-refractivity contribution in [2.75, 3.05) is 18.0 Å². The lowest BCUT2D eigenvalue weighted by Crippen LogP contribution is -2.39. The molecular formula is C22H34ClN3. The van der Waals surface area contributed by atoms with E-state index in [1.165, 1.54) is 86.0 Å². The van der Waals surface area contributed by atoms with Gasteiger partial charge in [-0.1, -0.05) is 32.1 Å². The molecule has 4 rings (SSSR count). The van der Waals surface area contributed by atoms with E-state index < -0.39 is 0 Å². The maximum Gasteiger partial charge on any atom is 0.153 e. The van der Waals surface area contributed by atoms with E-state index in [1.807, 2.05) is 6.20 Å². The third-order valence-electron chi connectivity index (χ3n) is 6.92. The van der Waals surface area contributed by atoms with Gasteiger partial charge in [-0.25, -0.2) is 4.98 Å². The standard InChI is InChI=1S/C22H33N3.ClH/c1-4-25-17(3)16(2)20-12-13-23-22(21(20)25)24-14-8-11-19(15-24)18-9-6-5-7-10-18;/h12-13,18-19H,4-11,14-15H2,1-3H3;1H. The van der Waals surface area contributed by atoms with Gasteiger partial charge < -0.3 is 9.47 Å². The minimum Gasteiger partial charge on any atom is -0.355 e. The molecule has 0 aromatic carbocycles. The van der Waals surface area contributed by atoms with Crippen molar-refractivity contribution < 1.29 is 0 Å². The molecule has 0 radical (unpaired) electrons. The predicted molar refractivity (Wildman–Crippen MR) is 114 cm³/mol. The van der Waals surface area contributed by atoms with Crippen molar-refractivity contribution in [2.45, 2.75) is 72.3 Å². The second-order valence-electron chi connectivity index (χ2n) is 8.23. The number of anilines is 1. The molecule has 3 heterocycles. The number of fused-ring (bicyclic) bond motifs is 1. The topological polar surface area (TPSA) is 21.1 Å². The molecule has 1 aliphatic carbocycles. The molecule has 4 heteroatoms. The molecular weight excluding hydrogens is 342 g/mol. The Kier molecular flexibility index (Phi) is 6.17. The first-order chi connectivity index (χ1) is 12.2. The van der Waals surface area contributed by atoms with Crippen LogP contribution in [0.4, 0.5) is 5.82 Å². The smallest absolute Gasteiger partial charge is 0.153 e. The highest BCUT2D eigenvalue weighted by atomic mass is 35.5. The summed E-state index contributed by atoms with van der Waals surface area (Å²) in [4.78, 5) is 7.49. The van der Waals surface area contributed by atoms with Crippen molar-refractivity contribution in [2.24, 2.45) is 11.8 Å². The summed E-state index contributed by atoms with van der Waals surface area (Å²) in [7, 11) is 0. The van der Waals surface area contributed by atoms with Crippen LogP contribution in [-0.4, -0.2) is 22.6 Å². The van der Waals surface area contributed by atoms with Crippen LogP contribution < -0.4 is 4.90 Å². The van der Waals surface area contributed by atoms with Crippen LogP contribution in [0.3, 0.4) is 0 Å². The molecule has 2 fully saturated rings. The molecule has 0 amide bonds. The Morgan fingerprint density at radius 1 is 1.04 bits per heavy atom. The van der Waals surface area contributed by atoms with Crippen molar-refractivity contribution in [1.82, 2.24) is 9.55 Å². The first kappa shape index (κ1) is 19.5. The quantitative estimate of drug-likeness (QED) is 0.666. The van der Waals surface area contributed by atoms with Crippen molar-refractivity contribution in [3.8, 4) is 0 Å². The molecule has 0 N–H and O–H groups in total. The summed E-state index contributed by atoms with van der Waals surface area (Å²) < 4.78 is 2.47. The van der Waals surface area contributed by atoms with Crippen molar-refractivity contribution >= 4 is 29.1 Å². The van der Waals surface area contributed by atoms with E-state index in [-0.39, 0.29) is 12.4 Å². The fourth-order valence-electron chi connectivity index (χ4n) is 5.40. The van der Waals surface area contributed by atoms with E-state index >= 15 is 0 Å². The number of aryl methyl sites for hydroxylation is 2. The van der Waals surface area contributed by atoms with E-state index in [4.69, 9.17) is 4.98 Å². The third kappa shape index (κ3) is 3.35. The molecule has 0 spiro atoms. The highest BCUT2D eigenvalue weighted by molar-refractivity contribution is 5.93. The maximum absolute atomic E-state index is 4.88. The monoisotopic (exact) mass is 375 g/mol. The lowest BCUT2D eigenvalue weighted by Gasteiger charge is -2.39. The van der Waals surface area contributed by atoms with Gasteiger partial charge in [-0.15, -0.1) is 12.4 Å². The molecule has 1 aliphatic heterocycles. The number of hydrogen-bond acceptors (Lipinski definition) is 2. The molecule has 2 aromatic rings. The summed E-state index contributed by atoms with van der Waals surface area (Å²) in [6, 6.07) is 2.20. The Balaban J connectivity index is 0.00000196. The summed E-state index contributed by atoms with van der Waals surface area (Å²) >= 11 is 0. The molecule has 1 atom stereocenters. The fourth-order valence-corrected chi connectivity index (χ4v) is 5.40. The molecule has 0 bridgehead atoms. The Bertz CT molecular complexity index is 745. The zero-order valence-electron chi connectivity index (χ0n) is 16.6. The van der Waals surface area contributed by atoms with E-state index in [2.05, 4.69) is 36.3 Å². The maximum atomic E-state index is 4.88. The highest BCUT2D eigenvalue weighted by Crippen LogP contribution is 2.38. The van der Waals surface area contributed by atoms with E-state index in [9.17, 15) is 0 Å². The first-order valence-corrected chi connectivity index (χ1v) is 10.4.